The first kappa shape index (κ1) is 39.5. The molecule has 5 heterocycles. The fraction of sp³-hybridized carbons (Fsp3) is 0.0678. The van der Waals surface area contributed by atoms with Gasteiger partial charge in [0.05, 0.1) is 22.5 Å². The van der Waals surface area contributed by atoms with Crippen molar-refractivity contribution in [2.45, 2.75) is 25.7 Å². The predicted molar refractivity (Wildman–Crippen MR) is 263 cm³/mol. The number of hydrogen-bond acceptors (Lipinski definition) is 6. The van der Waals surface area contributed by atoms with Crippen LogP contribution in [0.15, 0.2) is 217 Å². The van der Waals surface area contributed by atoms with Crippen LogP contribution in [0.2, 0.25) is 0 Å². The molecule has 11 rings (SSSR count). The van der Waals surface area contributed by atoms with Crippen LogP contribution in [-0.2, 0) is 25.7 Å². The molecule has 11 aromatic rings. The Morgan fingerprint density at radius 2 is 0.846 bits per heavy atom. The van der Waals surface area contributed by atoms with Crippen molar-refractivity contribution in [1.82, 2.24) is 24.9 Å². The third-order valence-electron chi connectivity index (χ3n) is 12.1. The van der Waals surface area contributed by atoms with E-state index in [-0.39, 0.29) is 0 Å². The van der Waals surface area contributed by atoms with Gasteiger partial charge in [0.25, 0.3) is 0 Å². The van der Waals surface area contributed by atoms with Gasteiger partial charge in [-0.3, -0.25) is 15.0 Å². The minimum Gasteiger partial charge on any atom is -0.437 e. The summed E-state index contributed by atoms with van der Waals surface area (Å²) in [5.74, 6) is 0.634. The third kappa shape index (κ3) is 8.45. The summed E-state index contributed by atoms with van der Waals surface area (Å²) in [6.45, 7) is 0. The lowest BCUT2D eigenvalue weighted by atomic mass is 9.90. The number of aryl methyl sites for hydroxylation is 4. The van der Waals surface area contributed by atoms with Crippen molar-refractivity contribution in [3.63, 3.8) is 0 Å². The van der Waals surface area contributed by atoms with Crippen molar-refractivity contribution in [2.75, 3.05) is 0 Å². The highest BCUT2D eigenvalue weighted by Crippen LogP contribution is 2.37. The molecule has 0 aliphatic heterocycles. The Bertz CT molecular complexity index is 3280. The van der Waals surface area contributed by atoms with E-state index < -0.39 is 0 Å². The van der Waals surface area contributed by atoms with Crippen molar-refractivity contribution in [1.29, 1.82) is 0 Å². The van der Waals surface area contributed by atoms with Crippen molar-refractivity contribution in [3.05, 3.63) is 235 Å². The maximum Gasteiger partial charge on any atom is 0.230 e. The first-order chi connectivity index (χ1) is 32.2. The first-order valence-corrected chi connectivity index (χ1v) is 22.1. The lowest BCUT2D eigenvalue weighted by Gasteiger charge is -2.15. The van der Waals surface area contributed by atoms with Crippen LogP contribution in [0.25, 0.3) is 89.5 Å². The lowest BCUT2D eigenvalue weighted by molar-refractivity contribution is 0.654. The Morgan fingerprint density at radius 1 is 0.323 bits per heavy atom. The summed E-state index contributed by atoms with van der Waals surface area (Å²) in [6, 6.07) is 65.5. The molecule has 0 saturated carbocycles. The Kier molecular flexibility index (Phi) is 10.8. The zero-order chi connectivity index (χ0) is 43.4. The molecule has 0 N–H and O–H groups in total. The van der Waals surface area contributed by atoms with E-state index in [0.717, 1.165) is 92.5 Å². The monoisotopic (exact) mass is 837 g/mol. The largest absolute Gasteiger partial charge is 0.437 e. The number of pyridine rings is 3. The number of para-hydroxylation sites is 1. The van der Waals surface area contributed by atoms with E-state index >= 15 is 0 Å². The van der Waals surface area contributed by atoms with Gasteiger partial charge in [0, 0.05) is 58.0 Å². The van der Waals surface area contributed by atoms with E-state index in [4.69, 9.17) is 24.4 Å². The van der Waals surface area contributed by atoms with Crippen molar-refractivity contribution < 1.29 is 4.42 Å². The molecule has 0 saturated heterocycles. The molecule has 5 aromatic heterocycles. The third-order valence-corrected chi connectivity index (χ3v) is 12.1. The maximum absolute atomic E-state index is 6.46. The zero-order valence-electron chi connectivity index (χ0n) is 35.7. The average Bonchev–Trinajstić information content (AvgIpc) is 3.77. The van der Waals surface area contributed by atoms with Crippen molar-refractivity contribution in [2.24, 2.45) is 0 Å². The Morgan fingerprint density at radius 3 is 1.42 bits per heavy atom. The molecular formula is C59H43N5O. The number of hydrogen-bond donors (Lipinski definition) is 0. The van der Waals surface area contributed by atoms with Gasteiger partial charge in [0.15, 0.2) is 5.82 Å². The van der Waals surface area contributed by atoms with Gasteiger partial charge in [-0.1, -0.05) is 164 Å². The second kappa shape index (κ2) is 17.8. The topological polar surface area (TPSA) is 77.6 Å². The van der Waals surface area contributed by atoms with E-state index in [1.165, 1.54) is 33.4 Å². The molecule has 65 heavy (non-hydrogen) atoms. The molecule has 0 amide bonds. The van der Waals surface area contributed by atoms with E-state index in [1.807, 2.05) is 73.3 Å². The molecule has 0 fully saturated rings. The fourth-order valence-electron chi connectivity index (χ4n) is 8.70. The highest BCUT2D eigenvalue weighted by molar-refractivity contribution is 6.08. The van der Waals surface area contributed by atoms with Gasteiger partial charge in [-0.15, -0.1) is 0 Å². The van der Waals surface area contributed by atoms with Gasteiger partial charge in [0.2, 0.25) is 5.71 Å². The number of nitrogens with zero attached hydrogens (tertiary/aromatic N) is 5. The molecule has 0 aliphatic carbocycles. The summed E-state index contributed by atoms with van der Waals surface area (Å²) in [5.41, 5.74) is 17.8. The highest BCUT2D eigenvalue weighted by Gasteiger charge is 2.17. The lowest BCUT2D eigenvalue weighted by Crippen LogP contribution is -1.98. The summed E-state index contributed by atoms with van der Waals surface area (Å²) in [5, 5.41) is 1.84. The number of rotatable bonds is 12. The van der Waals surface area contributed by atoms with Crippen LogP contribution < -0.4 is 0 Å². The van der Waals surface area contributed by atoms with Crippen LogP contribution in [-0.4, -0.2) is 24.9 Å². The Balaban J connectivity index is 0.891. The number of fused-ring (bicyclic) bond motifs is 3. The van der Waals surface area contributed by atoms with E-state index in [0.29, 0.717) is 11.5 Å². The van der Waals surface area contributed by atoms with E-state index in [1.54, 1.807) is 0 Å². The molecule has 0 radical (unpaired) electrons. The quantitative estimate of drug-likeness (QED) is 0.122. The normalized spacial score (nSPS) is 11.3. The summed E-state index contributed by atoms with van der Waals surface area (Å²) >= 11 is 0. The minimum absolute atomic E-state index is 0.559. The van der Waals surface area contributed by atoms with Gasteiger partial charge in [-0.2, -0.15) is 4.98 Å². The molecule has 310 valence electrons. The van der Waals surface area contributed by atoms with Crippen LogP contribution in [0.1, 0.15) is 22.3 Å². The molecule has 6 nitrogen and oxygen atoms in total. The second-order valence-corrected chi connectivity index (χ2v) is 16.4. The SMILES string of the molecule is c1ccc(-c2ccc(CCc3cc(CCc4ccc(-c5ccccc5)nc4)cc(-c4ccccc4-c4ccc(-c5cccc6c5oc5nc(-c7ccccc7)ncc56)nc4)c3)cn2)cc1. The molecule has 6 aromatic carbocycles. The van der Waals surface area contributed by atoms with Crippen LogP contribution in [0, 0.1) is 0 Å². The van der Waals surface area contributed by atoms with Gasteiger partial charge in [0.1, 0.15) is 5.58 Å². The second-order valence-electron chi connectivity index (χ2n) is 16.4. The molecule has 0 unspecified atom stereocenters. The standard InChI is InChI=1S/C59H43N5O/c1-4-13-44(14-5-1)54-30-27-40(36-60-54)23-25-42-33-43(26-24-41-28-31-55(61-37-41)45-15-6-2-7-16-45)35-48(34-42)50-20-11-10-19-49(50)47-29-32-56(62-38-47)52-22-12-21-51-53-39-63-58(46-17-8-3-9-18-46)64-59(53)65-57(51)52/h1-22,27-39H,23-26H2. The smallest absolute Gasteiger partial charge is 0.230 e. The minimum atomic E-state index is 0.559. The summed E-state index contributed by atoms with van der Waals surface area (Å²) in [6.07, 6.45) is 11.5. The Hall–Kier alpha value is -8.35. The molecule has 0 aliphatic rings. The van der Waals surface area contributed by atoms with Crippen molar-refractivity contribution in [3.8, 4) is 67.4 Å². The predicted octanol–water partition coefficient (Wildman–Crippen LogP) is 14.1. The molecule has 0 bridgehead atoms. The average molecular weight is 838 g/mol. The molecule has 6 heteroatoms. The zero-order valence-corrected chi connectivity index (χ0v) is 35.7. The molecular weight excluding hydrogens is 795 g/mol. The first-order valence-electron chi connectivity index (χ1n) is 22.1. The van der Waals surface area contributed by atoms with Gasteiger partial charge in [-0.25, -0.2) is 4.98 Å². The van der Waals surface area contributed by atoms with Gasteiger partial charge < -0.3 is 4.42 Å². The maximum atomic E-state index is 6.46. The van der Waals surface area contributed by atoms with E-state index in [9.17, 15) is 0 Å². The molecule has 0 spiro atoms. The van der Waals surface area contributed by atoms with Crippen LogP contribution in [0.3, 0.4) is 0 Å². The highest BCUT2D eigenvalue weighted by atomic mass is 16.3. The van der Waals surface area contributed by atoms with Crippen LogP contribution in [0.5, 0.6) is 0 Å². The Labute approximate surface area is 378 Å². The summed E-state index contributed by atoms with van der Waals surface area (Å²) in [4.78, 5) is 24.2. The number of aromatic nitrogens is 5. The van der Waals surface area contributed by atoms with Gasteiger partial charge in [-0.05, 0) is 88.9 Å². The number of benzene rings is 6. The summed E-state index contributed by atoms with van der Waals surface area (Å²) < 4.78 is 6.46. The fourth-order valence-corrected chi connectivity index (χ4v) is 8.70. The number of furan rings is 1. The molecule has 0 atom stereocenters. The summed E-state index contributed by atoms with van der Waals surface area (Å²) in [7, 11) is 0. The van der Waals surface area contributed by atoms with Crippen molar-refractivity contribution >= 4 is 22.1 Å². The van der Waals surface area contributed by atoms with Crippen LogP contribution in [0.4, 0.5) is 0 Å². The van der Waals surface area contributed by atoms with Crippen LogP contribution >= 0.6 is 0 Å². The van der Waals surface area contributed by atoms with Gasteiger partial charge >= 0.3 is 0 Å². The van der Waals surface area contributed by atoms with E-state index in [2.05, 4.69) is 145 Å².